The van der Waals surface area contributed by atoms with Crippen LogP contribution in [-0.4, -0.2) is 27.4 Å². The van der Waals surface area contributed by atoms with Crippen molar-refractivity contribution in [2.75, 3.05) is 27.4 Å². The van der Waals surface area contributed by atoms with Gasteiger partial charge in [0, 0.05) is 12.2 Å². The number of hydrogen-bond acceptors (Lipinski definition) is 4. The highest BCUT2D eigenvalue weighted by molar-refractivity contribution is 5.42. The van der Waals surface area contributed by atoms with Gasteiger partial charge >= 0.3 is 0 Å². The van der Waals surface area contributed by atoms with Crippen LogP contribution in [0.25, 0.3) is 0 Å². The second-order valence-corrected chi connectivity index (χ2v) is 4.97. The fourth-order valence-electron chi connectivity index (χ4n) is 1.75. The predicted octanol–water partition coefficient (Wildman–Crippen LogP) is 2.77. The summed E-state index contributed by atoms with van der Waals surface area (Å²) in [4.78, 5) is 0. The molecule has 1 aromatic rings. The van der Waals surface area contributed by atoms with E-state index >= 15 is 0 Å². The predicted molar refractivity (Wildman–Crippen MR) is 76.7 cm³/mol. The van der Waals surface area contributed by atoms with Crippen molar-refractivity contribution in [1.82, 2.24) is 0 Å². The molecule has 1 rings (SSSR count). The maximum absolute atomic E-state index is 6.15. The highest BCUT2D eigenvalue weighted by Crippen LogP contribution is 2.28. The Morgan fingerprint density at radius 3 is 2.47 bits per heavy atom. The molecule has 108 valence electrons. The first-order chi connectivity index (χ1) is 9.08. The highest BCUT2D eigenvalue weighted by Gasteiger charge is 2.13. The minimum Gasteiger partial charge on any atom is -0.497 e. The number of rotatable bonds is 8. The first kappa shape index (κ1) is 15.8. The molecule has 19 heavy (non-hydrogen) atoms. The molecule has 1 unspecified atom stereocenters. The van der Waals surface area contributed by atoms with Crippen molar-refractivity contribution in [3.63, 3.8) is 0 Å². The molecular weight excluding hydrogens is 242 g/mol. The Hall–Kier alpha value is -1.26. The lowest BCUT2D eigenvalue weighted by atomic mass is 10.1. The van der Waals surface area contributed by atoms with Crippen molar-refractivity contribution in [2.24, 2.45) is 11.7 Å². The van der Waals surface area contributed by atoms with Gasteiger partial charge in [-0.1, -0.05) is 13.8 Å². The van der Waals surface area contributed by atoms with E-state index in [1.807, 2.05) is 18.2 Å². The van der Waals surface area contributed by atoms with E-state index in [-0.39, 0.29) is 6.04 Å². The SMILES string of the molecule is COc1ccc(OC)c(C(N)COCCC(C)C)c1. The van der Waals surface area contributed by atoms with Gasteiger partial charge < -0.3 is 19.9 Å². The van der Waals surface area contributed by atoms with E-state index < -0.39 is 0 Å². The standard InChI is InChI=1S/C15H25NO3/c1-11(2)7-8-19-10-14(16)13-9-12(17-3)5-6-15(13)18-4/h5-6,9,11,14H,7-8,10,16H2,1-4H3. The van der Waals surface area contributed by atoms with Crippen LogP contribution in [0.3, 0.4) is 0 Å². The summed E-state index contributed by atoms with van der Waals surface area (Å²) in [6.45, 7) is 5.57. The average molecular weight is 267 g/mol. The summed E-state index contributed by atoms with van der Waals surface area (Å²) in [5.41, 5.74) is 7.06. The van der Waals surface area contributed by atoms with E-state index in [9.17, 15) is 0 Å². The zero-order valence-electron chi connectivity index (χ0n) is 12.3. The van der Waals surface area contributed by atoms with E-state index in [2.05, 4.69) is 13.8 Å². The van der Waals surface area contributed by atoms with Crippen molar-refractivity contribution in [1.29, 1.82) is 0 Å². The van der Waals surface area contributed by atoms with Gasteiger partial charge in [-0.2, -0.15) is 0 Å². The fraction of sp³-hybridized carbons (Fsp3) is 0.600. The lowest BCUT2D eigenvalue weighted by molar-refractivity contribution is 0.110. The van der Waals surface area contributed by atoms with E-state index in [1.54, 1.807) is 14.2 Å². The summed E-state index contributed by atoms with van der Waals surface area (Å²) in [5.74, 6) is 2.18. The van der Waals surface area contributed by atoms with Crippen LogP contribution in [-0.2, 0) is 4.74 Å². The first-order valence-corrected chi connectivity index (χ1v) is 6.63. The molecule has 0 fully saturated rings. The Morgan fingerprint density at radius 1 is 1.16 bits per heavy atom. The summed E-state index contributed by atoms with van der Waals surface area (Å²) in [6, 6.07) is 5.41. The molecule has 0 aliphatic heterocycles. The zero-order chi connectivity index (χ0) is 14.3. The van der Waals surface area contributed by atoms with Gasteiger partial charge in [0.05, 0.1) is 26.9 Å². The number of methoxy groups -OCH3 is 2. The van der Waals surface area contributed by atoms with Crippen LogP contribution in [0.5, 0.6) is 11.5 Å². The third kappa shape index (κ3) is 5.09. The van der Waals surface area contributed by atoms with Gasteiger partial charge in [0.2, 0.25) is 0 Å². The van der Waals surface area contributed by atoms with Crippen molar-refractivity contribution >= 4 is 0 Å². The molecule has 0 aliphatic carbocycles. The van der Waals surface area contributed by atoms with E-state index in [4.69, 9.17) is 19.9 Å². The number of benzene rings is 1. The van der Waals surface area contributed by atoms with E-state index in [1.165, 1.54) is 0 Å². The summed E-state index contributed by atoms with van der Waals surface area (Å²) < 4.78 is 16.1. The first-order valence-electron chi connectivity index (χ1n) is 6.63. The minimum absolute atomic E-state index is 0.211. The van der Waals surface area contributed by atoms with Gasteiger partial charge in [-0.05, 0) is 30.5 Å². The molecule has 2 N–H and O–H groups in total. The van der Waals surface area contributed by atoms with Crippen molar-refractivity contribution in [3.05, 3.63) is 23.8 Å². The Labute approximate surface area is 115 Å². The van der Waals surface area contributed by atoms with Gasteiger partial charge in [0.15, 0.2) is 0 Å². The second-order valence-electron chi connectivity index (χ2n) is 4.97. The quantitative estimate of drug-likeness (QED) is 0.736. The Kier molecular flexibility index (Phi) is 6.67. The molecule has 0 heterocycles. The van der Waals surface area contributed by atoms with Crippen LogP contribution in [0.1, 0.15) is 31.9 Å². The molecule has 1 aromatic carbocycles. The Bertz CT molecular complexity index is 380. The normalized spacial score (nSPS) is 12.5. The van der Waals surface area contributed by atoms with Crippen LogP contribution in [0.15, 0.2) is 18.2 Å². The fourth-order valence-corrected chi connectivity index (χ4v) is 1.75. The largest absolute Gasteiger partial charge is 0.497 e. The molecule has 4 heteroatoms. The maximum atomic E-state index is 6.15. The summed E-state index contributed by atoms with van der Waals surface area (Å²) in [7, 11) is 3.27. The summed E-state index contributed by atoms with van der Waals surface area (Å²) >= 11 is 0. The molecule has 0 radical (unpaired) electrons. The molecular formula is C15H25NO3. The second kappa shape index (κ2) is 8.02. The molecule has 0 saturated heterocycles. The average Bonchev–Trinajstić information content (AvgIpc) is 2.42. The van der Waals surface area contributed by atoms with Crippen molar-refractivity contribution in [2.45, 2.75) is 26.3 Å². The zero-order valence-corrected chi connectivity index (χ0v) is 12.3. The van der Waals surface area contributed by atoms with Gasteiger partial charge in [-0.3, -0.25) is 0 Å². The summed E-state index contributed by atoms with van der Waals surface area (Å²) in [6.07, 6.45) is 1.04. The smallest absolute Gasteiger partial charge is 0.123 e. The van der Waals surface area contributed by atoms with Crippen LogP contribution in [0, 0.1) is 5.92 Å². The molecule has 0 aromatic heterocycles. The molecule has 0 amide bonds. The van der Waals surface area contributed by atoms with E-state index in [0.29, 0.717) is 12.5 Å². The van der Waals surface area contributed by atoms with Gasteiger partial charge in [-0.15, -0.1) is 0 Å². The summed E-state index contributed by atoms with van der Waals surface area (Å²) in [5, 5.41) is 0. The molecule has 1 atom stereocenters. The van der Waals surface area contributed by atoms with E-state index in [0.717, 1.165) is 30.1 Å². The number of ether oxygens (including phenoxy) is 3. The Morgan fingerprint density at radius 2 is 1.89 bits per heavy atom. The van der Waals surface area contributed by atoms with Crippen molar-refractivity contribution < 1.29 is 14.2 Å². The Balaban J connectivity index is 2.61. The topological polar surface area (TPSA) is 53.7 Å². The van der Waals surface area contributed by atoms with Gasteiger partial charge in [0.1, 0.15) is 11.5 Å². The van der Waals surface area contributed by atoms with Crippen LogP contribution in [0.2, 0.25) is 0 Å². The number of nitrogens with two attached hydrogens (primary N) is 1. The molecule has 0 aliphatic rings. The highest BCUT2D eigenvalue weighted by atomic mass is 16.5. The molecule has 0 saturated carbocycles. The van der Waals surface area contributed by atoms with Crippen LogP contribution in [0.4, 0.5) is 0 Å². The minimum atomic E-state index is -0.211. The monoisotopic (exact) mass is 267 g/mol. The lowest BCUT2D eigenvalue weighted by Crippen LogP contribution is -2.18. The maximum Gasteiger partial charge on any atom is 0.123 e. The van der Waals surface area contributed by atoms with Crippen molar-refractivity contribution in [3.8, 4) is 11.5 Å². The number of hydrogen-bond donors (Lipinski definition) is 1. The van der Waals surface area contributed by atoms with Gasteiger partial charge in [0.25, 0.3) is 0 Å². The van der Waals surface area contributed by atoms with Crippen LogP contribution < -0.4 is 15.2 Å². The molecule has 0 spiro atoms. The van der Waals surface area contributed by atoms with Gasteiger partial charge in [-0.25, -0.2) is 0 Å². The van der Waals surface area contributed by atoms with Crippen LogP contribution >= 0.6 is 0 Å². The third-order valence-electron chi connectivity index (χ3n) is 2.97. The molecule has 4 nitrogen and oxygen atoms in total. The third-order valence-corrected chi connectivity index (χ3v) is 2.97. The lowest BCUT2D eigenvalue weighted by Gasteiger charge is -2.17. The molecule has 0 bridgehead atoms.